The summed E-state index contributed by atoms with van der Waals surface area (Å²) in [5.41, 5.74) is 5.00. The van der Waals surface area contributed by atoms with E-state index in [0.29, 0.717) is 25.2 Å². The number of hydrogen-bond donors (Lipinski definition) is 2. The molecule has 4 nitrogen and oxygen atoms in total. The maximum atomic E-state index is 10.4. The van der Waals surface area contributed by atoms with Gasteiger partial charge in [0, 0.05) is 12.5 Å². The Bertz CT molecular complexity index is 173. The fraction of sp³-hybridized carbons (Fsp3) is 0.889. The molecule has 1 saturated heterocycles. The van der Waals surface area contributed by atoms with Crippen LogP contribution in [-0.4, -0.2) is 31.2 Å². The molecule has 0 radical (unpaired) electrons. The van der Waals surface area contributed by atoms with Gasteiger partial charge in [-0.1, -0.05) is 0 Å². The van der Waals surface area contributed by atoms with E-state index in [9.17, 15) is 4.79 Å². The minimum Gasteiger partial charge on any atom is -0.378 e. The molecular weight excluding hydrogens is 168 g/mol. The number of primary amides is 1. The average Bonchev–Trinajstić information content (AvgIpc) is 2.03. The summed E-state index contributed by atoms with van der Waals surface area (Å²) < 4.78 is 5.52. The summed E-state index contributed by atoms with van der Waals surface area (Å²) in [4.78, 5) is 10.4. The van der Waals surface area contributed by atoms with Gasteiger partial charge in [-0.25, -0.2) is 0 Å². The van der Waals surface area contributed by atoms with Crippen molar-refractivity contribution in [3.8, 4) is 0 Å². The molecule has 0 spiro atoms. The lowest BCUT2D eigenvalue weighted by atomic mass is 10.0. The largest absolute Gasteiger partial charge is 0.378 e. The number of amides is 1. The Balaban J connectivity index is 2.10. The van der Waals surface area contributed by atoms with Crippen molar-refractivity contribution < 1.29 is 9.53 Å². The number of nitrogens with two attached hydrogens (primary N) is 1. The molecular formula is C9H18N2O2. The second-order valence-corrected chi connectivity index (χ2v) is 3.59. The van der Waals surface area contributed by atoms with E-state index in [0.717, 1.165) is 19.4 Å². The van der Waals surface area contributed by atoms with E-state index in [1.807, 2.05) is 0 Å². The topological polar surface area (TPSA) is 64.3 Å². The Hall–Kier alpha value is -0.610. The zero-order valence-electron chi connectivity index (χ0n) is 8.08. The molecule has 1 amide bonds. The highest BCUT2D eigenvalue weighted by molar-refractivity contribution is 5.73. The van der Waals surface area contributed by atoms with Crippen LogP contribution in [0.1, 0.15) is 26.2 Å². The van der Waals surface area contributed by atoms with Crippen LogP contribution in [-0.2, 0) is 9.53 Å². The van der Waals surface area contributed by atoms with Gasteiger partial charge in [0.25, 0.3) is 0 Å². The van der Waals surface area contributed by atoms with Gasteiger partial charge in [-0.3, -0.25) is 4.79 Å². The first-order valence-corrected chi connectivity index (χ1v) is 4.82. The first kappa shape index (κ1) is 10.5. The van der Waals surface area contributed by atoms with Gasteiger partial charge >= 0.3 is 0 Å². The van der Waals surface area contributed by atoms with Gasteiger partial charge in [-0.05, 0) is 26.3 Å². The molecule has 1 heterocycles. The van der Waals surface area contributed by atoms with Gasteiger partial charge in [0.2, 0.25) is 5.91 Å². The van der Waals surface area contributed by atoms with Gasteiger partial charge in [-0.15, -0.1) is 0 Å². The van der Waals surface area contributed by atoms with Crippen LogP contribution in [0.4, 0.5) is 0 Å². The normalized spacial score (nSPS) is 28.7. The Morgan fingerprint density at radius 3 is 3.08 bits per heavy atom. The predicted molar refractivity (Wildman–Crippen MR) is 50.3 cm³/mol. The molecule has 0 aromatic heterocycles. The first-order chi connectivity index (χ1) is 6.18. The molecule has 0 bridgehead atoms. The van der Waals surface area contributed by atoms with Crippen molar-refractivity contribution in [1.82, 2.24) is 5.32 Å². The summed E-state index contributed by atoms with van der Waals surface area (Å²) in [6, 6.07) is 0.521. The minimum atomic E-state index is -0.290. The van der Waals surface area contributed by atoms with Crippen molar-refractivity contribution in [2.24, 2.45) is 5.73 Å². The summed E-state index contributed by atoms with van der Waals surface area (Å²) in [6.45, 7) is 3.61. The molecule has 1 fully saturated rings. The number of carbonyl (C=O) groups is 1. The van der Waals surface area contributed by atoms with Gasteiger partial charge in [0.1, 0.15) is 0 Å². The number of carbonyl (C=O) groups excluding carboxylic acids is 1. The standard InChI is InChI=1S/C9H18N2O2/c1-7-6-8(2-4-11-7)13-5-3-9(10)12/h7-8,11H,2-6H2,1H3,(H2,10,12). The average molecular weight is 186 g/mol. The van der Waals surface area contributed by atoms with Crippen molar-refractivity contribution in [3.63, 3.8) is 0 Å². The van der Waals surface area contributed by atoms with E-state index in [4.69, 9.17) is 10.5 Å². The van der Waals surface area contributed by atoms with Crippen LogP contribution in [0.2, 0.25) is 0 Å². The maximum Gasteiger partial charge on any atom is 0.219 e. The van der Waals surface area contributed by atoms with Gasteiger partial charge < -0.3 is 15.8 Å². The van der Waals surface area contributed by atoms with E-state index >= 15 is 0 Å². The monoisotopic (exact) mass is 186 g/mol. The molecule has 2 unspecified atom stereocenters. The van der Waals surface area contributed by atoms with Crippen LogP contribution < -0.4 is 11.1 Å². The van der Waals surface area contributed by atoms with Crippen LogP contribution in [0.25, 0.3) is 0 Å². The summed E-state index contributed by atoms with van der Waals surface area (Å²) in [5.74, 6) is -0.290. The minimum absolute atomic E-state index is 0.290. The molecule has 13 heavy (non-hydrogen) atoms. The Morgan fingerprint density at radius 2 is 2.46 bits per heavy atom. The molecule has 4 heteroatoms. The second kappa shape index (κ2) is 5.19. The fourth-order valence-electron chi connectivity index (χ4n) is 1.56. The SMILES string of the molecule is CC1CC(OCCC(N)=O)CCN1. The maximum absolute atomic E-state index is 10.4. The summed E-state index contributed by atoms with van der Waals surface area (Å²) >= 11 is 0. The van der Waals surface area contributed by atoms with Crippen molar-refractivity contribution >= 4 is 5.91 Å². The molecule has 3 N–H and O–H groups in total. The van der Waals surface area contributed by atoms with E-state index in [2.05, 4.69) is 12.2 Å². The van der Waals surface area contributed by atoms with Crippen molar-refractivity contribution in [2.75, 3.05) is 13.2 Å². The van der Waals surface area contributed by atoms with Crippen LogP contribution in [0.15, 0.2) is 0 Å². The quantitative estimate of drug-likeness (QED) is 0.650. The number of rotatable bonds is 4. The second-order valence-electron chi connectivity index (χ2n) is 3.59. The zero-order chi connectivity index (χ0) is 9.68. The number of piperidine rings is 1. The zero-order valence-corrected chi connectivity index (χ0v) is 8.08. The van der Waals surface area contributed by atoms with E-state index < -0.39 is 0 Å². The first-order valence-electron chi connectivity index (χ1n) is 4.82. The molecule has 2 atom stereocenters. The molecule has 1 rings (SSSR count). The van der Waals surface area contributed by atoms with Crippen molar-refractivity contribution in [1.29, 1.82) is 0 Å². The van der Waals surface area contributed by atoms with Gasteiger partial charge in [0.15, 0.2) is 0 Å². The highest BCUT2D eigenvalue weighted by atomic mass is 16.5. The number of ether oxygens (including phenoxy) is 1. The van der Waals surface area contributed by atoms with Gasteiger partial charge in [0.05, 0.1) is 12.7 Å². The van der Waals surface area contributed by atoms with E-state index in [-0.39, 0.29) is 5.91 Å². The van der Waals surface area contributed by atoms with Gasteiger partial charge in [-0.2, -0.15) is 0 Å². The molecule has 76 valence electrons. The van der Waals surface area contributed by atoms with E-state index in [1.165, 1.54) is 0 Å². The van der Waals surface area contributed by atoms with Crippen LogP contribution in [0.5, 0.6) is 0 Å². The molecule has 1 aliphatic heterocycles. The number of hydrogen-bond acceptors (Lipinski definition) is 3. The molecule has 0 aliphatic carbocycles. The lowest BCUT2D eigenvalue weighted by molar-refractivity contribution is -0.119. The van der Waals surface area contributed by atoms with Crippen LogP contribution in [0.3, 0.4) is 0 Å². The third kappa shape index (κ3) is 4.24. The fourth-order valence-corrected chi connectivity index (χ4v) is 1.56. The molecule has 1 aliphatic rings. The highest BCUT2D eigenvalue weighted by Gasteiger charge is 2.18. The van der Waals surface area contributed by atoms with Crippen molar-refractivity contribution in [2.45, 2.75) is 38.3 Å². The Labute approximate surface area is 78.8 Å². The lowest BCUT2D eigenvalue weighted by Crippen LogP contribution is -2.39. The molecule has 0 saturated carbocycles. The molecule has 0 aromatic rings. The number of nitrogens with one attached hydrogen (secondary N) is 1. The Kier molecular flexibility index (Phi) is 4.18. The smallest absolute Gasteiger partial charge is 0.219 e. The predicted octanol–water partition coefficient (Wildman–Crippen LogP) is 0.0189. The van der Waals surface area contributed by atoms with Crippen molar-refractivity contribution in [3.05, 3.63) is 0 Å². The Morgan fingerprint density at radius 1 is 1.69 bits per heavy atom. The summed E-state index contributed by atoms with van der Waals surface area (Å²) in [5, 5.41) is 3.34. The van der Waals surface area contributed by atoms with E-state index in [1.54, 1.807) is 0 Å². The lowest BCUT2D eigenvalue weighted by Gasteiger charge is -2.27. The van der Waals surface area contributed by atoms with Crippen LogP contribution in [0, 0.1) is 0 Å². The van der Waals surface area contributed by atoms with Crippen LogP contribution >= 0.6 is 0 Å². The third-order valence-corrected chi connectivity index (χ3v) is 2.28. The third-order valence-electron chi connectivity index (χ3n) is 2.28. The summed E-state index contributed by atoms with van der Waals surface area (Å²) in [7, 11) is 0. The highest BCUT2D eigenvalue weighted by Crippen LogP contribution is 2.11. The molecule has 0 aromatic carbocycles. The summed E-state index contributed by atoms with van der Waals surface area (Å²) in [6.07, 6.45) is 2.69.